The Labute approximate surface area is 179 Å². The van der Waals surface area contributed by atoms with Crippen LogP contribution in [0.25, 0.3) is 0 Å². The van der Waals surface area contributed by atoms with Crippen molar-refractivity contribution < 1.29 is 27.4 Å². The molecule has 1 aliphatic rings. The number of carbonyl (C=O) groups excluding carboxylic acids is 1. The number of amides is 1. The summed E-state index contributed by atoms with van der Waals surface area (Å²) in [7, 11) is 1.60. The summed E-state index contributed by atoms with van der Waals surface area (Å²) in [6.45, 7) is 2.98. The topological polar surface area (TPSA) is 62.8 Å². The molecule has 0 spiro atoms. The van der Waals surface area contributed by atoms with E-state index >= 15 is 0 Å². The highest BCUT2D eigenvalue weighted by Crippen LogP contribution is 2.30. The van der Waals surface area contributed by atoms with Crippen molar-refractivity contribution in [2.45, 2.75) is 12.2 Å². The number of benzene rings is 2. The lowest BCUT2D eigenvalue weighted by molar-refractivity contribution is -0.137. The first-order valence-electron chi connectivity index (χ1n) is 10.0. The van der Waals surface area contributed by atoms with Gasteiger partial charge in [0.25, 0.3) is 0 Å². The van der Waals surface area contributed by atoms with Crippen molar-refractivity contribution in [3.8, 4) is 5.75 Å². The van der Waals surface area contributed by atoms with E-state index in [-0.39, 0.29) is 24.2 Å². The average molecular weight is 437 g/mol. The Morgan fingerprint density at radius 3 is 2.52 bits per heavy atom. The number of carbonyl (C=O) groups is 1. The molecule has 0 saturated carbocycles. The van der Waals surface area contributed by atoms with Crippen molar-refractivity contribution in [2.24, 2.45) is 0 Å². The Kier molecular flexibility index (Phi) is 7.75. The number of rotatable bonds is 8. The summed E-state index contributed by atoms with van der Waals surface area (Å²) in [5.41, 5.74) is 0.517. The normalized spacial score (nSPS) is 15.9. The van der Waals surface area contributed by atoms with Crippen LogP contribution in [-0.2, 0) is 15.7 Å². The molecule has 1 heterocycles. The van der Waals surface area contributed by atoms with Gasteiger partial charge in [0.05, 0.1) is 38.5 Å². The number of alkyl halides is 3. The Hall–Kier alpha value is -2.78. The molecule has 31 heavy (non-hydrogen) atoms. The molecule has 0 aromatic heterocycles. The quantitative estimate of drug-likeness (QED) is 0.664. The highest BCUT2D eigenvalue weighted by molar-refractivity contribution is 5.80. The van der Waals surface area contributed by atoms with Crippen LogP contribution in [0.15, 0.2) is 48.5 Å². The number of anilines is 1. The van der Waals surface area contributed by atoms with Gasteiger partial charge in [-0.1, -0.05) is 18.2 Å². The second-order valence-corrected chi connectivity index (χ2v) is 7.17. The average Bonchev–Trinajstić information content (AvgIpc) is 2.78. The first kappa shape index (κ1) is 22.9. The van der Waals surface area contributed by atoms with Crippen LogP contribution in [0.4, 0.5) is 18.9 Å². The van der Waals surface area contributed by atoms with Gasteiger partial charge in [0.2, 0.25) is 5.91 Å². The molecular formula is C22H26F3N3O3. The van der Waals surface area contributed by atoms with E-state index in [9.17, 15) is 18.0 Å². The van der Waals surface area contributed by atoms with Crippen LogP contribution >= 0.6 is 0 Å². The van der Waals surface area contributed by atoms with Crippen molar-refractivity contribution in [1.29, 1.82) is 0 Å². The maximum absolute atomic E-state index is 12.8. The summed E-state index contributed by atoms with van der Waals surface area (Å²) >= 11 is 0. The van der Waals surface area contributed by atoms with Crippen LogP contribution in [0.5, 0.6) is 5.75 Å². The van der Waals surface area contributed by atoms with E-state index < -0.39 is 11.7 Å². The summed E-state index contributed by atoms with van der Waals surface area (Å²) in [5, 5.41) is 5.64. The van der Waals surface area contributed by atoms with Crippen molar-refractivity contribution in [1.82, 2.24) is 10.2 Å². The highest BCUT2D eigenvalue weighted by atomic mass is 19.4. The maximum Gasteiger partial charge on any atom is 0.416 e. The fourth-order valence-electron chi connectivity index (χ4n) is 3.43. The lowest BCUT2D eigenvalue weighted by Gasteiger charge is -2.35. The van der Waals surface area contributed by atoms with Gasteiger partial charge in [-0.05, 0) is 35.9 Å². The van der Waals surface area contributed by atoms with Crippen LogP contribution in [0, 0.1) is 0 Å². The van der Waals surface area contributed by atoms with Gasteiger partial charge in [0.15, 0.2) is 0 Å². The third-order valence-electron chi connectivity index (χ3n) is 5.12. The summed E-state index contributed by atoms with van der Waals surface area (Å²) in [6, 6.07) is 12.4. The smallest absolute Gasteiger partial charge is 0.416 e. The minimum absolute atomic E-state index is 0.0488. The Morgan fingerprint density at radius 2 is 1.87 bits per heavy atom. The van der Waals surface area contributed by atoms with Gasteiger partial charge in [-0.15, -0.1) is 0 Å². The second-order valence-electron chi connectivity index (χ2n) is 7.17. The van der Waals surface area contributed by atoms with Crippen molar-refractivity contribution in [2.75, 3.05) is 51.8 Å². The van der Waals surface area contributed by atoms with Gasteiger partial charge in [-0.25, -0.2) is 0 Å². The predicted molar refractivity (Wildman–Crippen MR) is 111 cm³/mol. The molecule has 2 aromatic rings. The Morgan fingerprint density at radius 1 is 1.16 bits per heavy atom. The molecular weight excluding hydrogens is 411 g/mol. The number of hydrogen-bond donors (Lipinski definition) is 2. The lowest BCUT2D eigenvalue weighted by Crippen LogP contribution is -2.44. The lowest BCUT2D eigenvalue weighted by atomic mass is 10.0. The van der Waals surface area contributed by atoms with E-state index in [1.165, 1.54) is 12.1 Å². The number of nitrogens with one attached hydrogen (secondary N) is 2. The van der Waals surface area contributed by atoms with E-state index in [1.54, 1.807) is 7.11 Å². The molecule has 3 rings (SSSR count). The van der Waals surface area contributed by atoms with Gasteiger partial charge >= 0.3 is 6.18 Å². The SMILES string of the molecule is COc1ccc(C(CNC(=O)CNc2cccc(C(F)(F)F)c2)N2CCOCC2)cc1. The third kappa shape index (κ3) is 6.60. The van der Waals surface area contributed by atoms with E-state index in [2.05, 4.69) is 15.5 Å². The molecule has 1 amide bonds. The van der Waals surface area contributed by atoms with Crippen LogP contribution in [0.3, 0.4) is 0 Å². The van der Waals surface area contributed by atoms with Crippen molar-refractivity contribution >= 4 is 11.6 Å². The van der Waals surface area contributed by atoms with E-state index in [0.29, 0.717) is 19.8 Å². The maximum atomic E-state index is 12.8. The van der Waals surface area contributed by atoms with Gasteiger partial charge < -0.3 is 20.1 Å². The van der Waals surface area contributed by atoms with E-state index in [4.69, 9.17) is 9.47 Å². The van der Waals surface area contributed by atoms with Crippen LogP contribution in [0.1, 0.15) is 17.2 Å². The molecule has 6 nitrogen and oxygen atoms in total. The van der Waals surface area contributed by atoms with Gasteiger partial charge in [-0.2, -0.15) is 13.2 Å². The van der Waals surface area contributed by atoms with E-state index in [0.717, 1.165) is 36.5 Å². The number of hydrogen-bond acceptors (Lipinski definition) is 5. The zero-order chi connectivity index (χ0) is 22.3. The molecule has 0 aliphatic carbocycles. The molecule has 2 aromatic carbocycles. The summed E-state index contributed by atoms with van der Waals surface area (Å²) in [6.07, 6.45) is -4.43. The fraction of sp³-hybridized carbons (Fsp3) is 0.409. The molecule has 1 saturated heterocycles. The highest BCUT2D eigenvalue weighted by Gasteiger charge is 2.30. The predicted octanol–water partition coefficient (Wildman–Crippen LogP) is 3.32. The number of morpholine rings is 1. The Bertz CT molecular complexity index is 853. The number of ether oxygens (including phenoxy) is 2. The minimum atomic E-state index is -4.43. The first-order valence-corrected chi connectivity index (χ1v) is 10.0. The number of halogens is 3. The van der Waals surface area contributed by atoms with Crippen LogP contribution in [0.2, 0.25) is 0 Å². The molecule has 2 N–H and O–H groups in total. The summed E-state index contributed by atoms with van der Waals surface area (Å²) < 4.78 is 49.1. The molecule has 0 bridgehead atoms. The minimum Gasteiger partial charge on any atom is -0.497 e. The molecule has 168 valence electrons. The van der Waals surface area contributed by atoms with Gasteiger partial charge in [0.1, 0.15) is 5.75 Å². The molecule has 1 fully saturated rings. The number of methoxy groups -OCH3 is 1. The zero-order valence-corrected chi connectivity index (χ0v) is 17.2. The fourth-order valence-corrected chi connectivity index (χ4v) is 3.43. The monoisotopic (exact) mass is 437 g/mol. The molecule has 1 unspecified atom stereocenters. The third-order valence-corrected chi connectivity index (χ3v) is 5.12. The second kappa shape index (κ2) is 10.5. The van der Waals surface area contributed by atoms with Gasteiger partial charge in [0, 0.05) is 25.3 Å². The van der Waals surface area contributed by atoms with E-state index in [1.807, 2.05) is 24.3 Å². The van der Waals surface area contributed by atoms with Crippen molar-refractivity contribution in [3.63, 3.8) is 0 Å². The standard InChI is InChI=1S/C22H26F3N3O3/c1-30-19-7-5-16(6-8-19)20(28-9-11-31-12-10-28)14-27-21(29)15-26-18-4-2-3-17(13-18)22(23,24)25/h2-8,13,20,26H,9-12,14-15H2,1H3,(H,27,29). The largest absolute Gasteiger partial charge is 0.497 e. The van der Waals surface area contributed by atoms with Crippen LogP contribution < -0.4 is 15.4 Å². The molecule has 1 aliphatic heterocycles. The first-order chi connectivity index (χ1) is 14.9. The number of nitrogens with zero attached hydrogens (tertiary/aromatic N) is 1. The summed E-state index contributed by atoms with van der Waals surface area (Å²) in [5.74, 6) is 0.447. The molecule has 9 heteroatoms. The molecule has 0 radical (unpaired) electrons. The van der Waals surface area contributed by atoms with Gasteiger partial charge in [-0.3, -0.25) is 9.69 Å². The zero-order valence-electron chi connectivity index (χ0n) is 17.2. The van der Waals surface area contributed by atoms with Crippen molar-refractivity contribution in [3.05, 3.63) is 59.7 Å². The summed E-state index contributed by atoms with van der Waals surface area (Å²) in [4.78, 5) is 14.6. The molecule has 1 atom stereocenters. The Balaban J connectivity index is 1.59. The van der Waals surface area contributed by atoms with Crippen LogP contribution in [-0.4, -0.2) is 57.3 Å².